The highest BCUT2D eigenvalue weighted by Crippen LogP contribution is 2.34. The maximum absolute atomic E-state index is 5.91. The molecule has 0 amide bonds. The van der Waals surface area contributed by atoms with Gasteiger partial charge in [-0.2, -0.15) is 0 Å². The van der Waals surface area contributed by atoms with Crippen LogP contribution in [0.25, 0.3) is 50.0 Å². The highest BCUT2D eigenvalue weighted by molar-refractivity contribution is 6.10. The Kier molecular flexibility index (Phi) is 4.42. The van der Waals surface area contributed by atoms with Crippen LogP contribution in [0, 0.1) is 0 Å². The molecule has 4 nitrogen and oxygen atoms in total. The summed E-state index contributed by atoms with van der Waals surface area (Å²) >= 11 is 0. The highest BCUT2D eigenvalue weighted by atomic mass is 16.3. The van der Waals surface area contributed by atoms with E-state index in [-0.39, 0.29) is 0 Å². The largest absolute Gasteiger partial charge is 0.436 e. The lowest BCUT2D eigenvalue weighted by Crippen LogP contribution is -1.94. The van der Waals surface area contributed by atoms with E-state index in [1.54, 1.807) is 0 Å². The maximum atomic E-state index is 5.91. The van der Waals surface area contributed by atoms with Crippen molar-refractivity contribution >= 4 is 44.3 Å². The number of hydrogen-bond acceptors (Lipinski definition) is 3. The lowest BCUT2D eigenvalue weighted by molar-refractivity contribution is 0.620. The van der Waals surface area contributed by atoms with Crippen LogP contribution in [0.4, 0.5) is 11.4 Å². The predicted molar refractivity (Wildman–Crippen MR) is 144 cm³/mol. The molecule has 1 N–H and O–H groups in total. The number of anilines is 2. The van der Waals surface area contributed by atoms with Gasteiger partial charge in [-0.25, -0.2) is 4.98 Å². The number of benzene rings is 5. The molecular weight excluding hydrogens is 430 g/mol. The smallest absolute Gasteiger partial charge is 0.227 e. The van der Waals surface area contributed by atoms with Crippen molar-refractivity contribution < 1.29 is 4.42 Å². The van der Waals surface area contributed by atoms with Crippen molar-refractivity contribution in [3.05, 3.63) is 121 Å². The zero-order chi connectivity index (χ0) is 23.2. The van der Waals surface area contributed by atoms with Crippen molar-refractivity contribution in [2.24, 2.45) is 0 Å². The molecule has 0 saturated carbocycles. The lowest BCUT2D eigenvalue weighted by atomic mass is 10.1. The molecule has 0 unspecified atom stereocenters. The Labute approximate surface area is 202 Å². The molecule has 0 bridgehead atoms. The Morgan fingerprint density at radius 2 is 1.31 bits per heavy atom. The normalized spacial score (nSPS) is 11.4. The minimum absolute atomic E-state index is 0.631. The molecular formula is C31H21N3O. The Hall–Kier alpha value is -4.83. The number of aromatic nitrogens is 2. The summed E-state index contributed by atoms with van der Waals surface area (Å²) in [5.41, 5.74) is 8.18. The molecule has 166 valence electrons. The highest BCUT2D eigenvalue weighted by Gasteiger charge is 2.13. The summed E-state index contributed by atoms with van der Waals surface area (Å²) in [6, 6.07) is 41.6. The fourth-order valence-corrected chi connectivity index (χ4v) is 4.76. The van der Waals surface area contributed by atoms with Crippen LogP contribution in [-0.4, -0.2) is 9.55 Å². The molecule has 0 fully saturated rings. The molecule has 0 aliphatic carbocycles. The van der Waals surface area contributed by atoms with Crippen molar-refractivity contribution in [3.63, 3.8) is 0 Å². The monoisotopic (exact) mass is 451 g/mol. The van der Waals surface area contributed by atoms with Gasteiger partial charge in [0.2, 0.25) is 5.89 Å². The minimum atomic E-state index is 0.631. The minimum Gasteiger partial charge on any atom is -0.436 e. The van der Waals surface area contributed by atoms with Gasteiger partial charge in [-0.3, -0.25) is 0 Å². The van der Waals surface area contributed by atoms with Gasteiger partial charge in [0.25, 0.3) is 0 Å². The second-order valence-corrected chi connectivity index (χ2v) is 8.61. The van der Waals surface area contributed by atoms with Crippen LogP contribution in [0.15, 0.2) is 126 Å². The van der Waals surface area contributed by atoms with Crippen molar-refractivity contribution in [2.45, 2.75) is 0 Å². The van der Waals surface area contributed by atoms with E-state index < -0.39 is 0 Å². The van der Waals surface area contributed by atoms with Crippen molar-refractivity contribution in [1.29, 1.82) is 0 Å². The quantitative estimate of drug-likeness (QED) is 0.292. The molecule has 0 aliphatic rings. The third-order valence-corrected chi connectivity index (χ3v) is 6.40. The van der Waals surface area contributed by atoms with Crippen molar-refractivity contribution in [2.75, 3.05) is 5.32 Å². The number of nitrogens with one attached hydrogen (secondary N) is 1. The van der Waals surface area contributed by atoms with Crippen molar-refractivity contribution in [3.8, 4) is 17.1 Å². The van der Waals surface area contributed by atoms with E-state index in [0.29, 0.717) is 5.89 Å². The Bertz CT molecular complexity index is 1780. The summed E-state index contributed by atoms with van der Waals surface area (Å²) in [5, 5.41) is 6.05. The van der Waals surface area contributed by atoms with Gasteiger partial charge in [-0.05, 0) is 66.7 Å². The second-order valence-electron chi connectivity index (χ2n) is 8.61. The van der Waals surface area contributed by atoms with E-state index in [1.807, 2.05) is 36.4 Å². The second kappa shape index (κ2) is 7.89. The number of oxazole rings is 1. The van der Waals surface area contributed by atoms with Gasteiger partial charge in [0.1, 0.15) is 5.52 Å². The first kappa shape index (κ1) is 19.6. The molecule has 4 heteroatoms. The predicted octanol–water partition coefficient (Wildman–Crippen LogP) is 8.34. The SMILES string of the molecule is c1ccc(-n2c3ccccc3c3ccc(Nc4ccc(-c5nc6ccccc6o5)cc4)cc32)cc1. The van der Waals surface area contributed by atoms with Gasteiger partial charge in [0.05, 0.1) is 11.0 Å². The zero-order valence-electron chi connectivity index (χ0n) is 18.8. The summed E-state index contributed by atoms with van der Waals surface area (Å²) in [5.74, 6) is 0.631. The summed E-state index contributed by atoms with van der Waals surface area (Å²) in [6.45, 7) is 0. The number of fused-ring (bicyclic) bond motifs is 4. The first-order valence-electron chi connectivity index (χ1n) is 11.7. The summed E-state index contributed by atoms with van der Waals surface area (Å²) in [6.07, 6.45) is 0. The van der Waals surface area contributed by atoms with Crippen LogP contribution in [0.5, 0.6) is 0 Å². The number of hydrogen-bond donors (Lipinski definition) is 1. The van der Waals surface area contributed by atoms with Gasteiger partial charge in [-0.1, -0.05) is 54.6 Å². The number of nitrogens with zero attached hydrogens (tertiary/aromatic N) is 2. The molecule has 5 aromatic carbocycles. The van der Waals surface area contributed by atoms with Crippen LogP contribution in [0.1, 0.15) is 0 Å². The van der Waals surface area contributed by atoms with Crippen LogP contribution < -0.4 is 5.32 Å². The lowest BCUT2D eigenvalue weighted by Gasteiger charge is -2.10. The van der Waals surface area contributed by atoms with Gasteiger partial charge in [-0.15, -0.1) is 0 Å². The van der Waals surface area contributed by atoms with Gasteiger partial charge < -0.3 is 14.3 Å². The van der Waals surface area contributed by atoms with Crippen LogP contribution >= 0.6 is 0 Å². The van der Waals surface area contributed by atoms with E-state index >= 15 is 0 Å². The average molecular weight is 452 g/mol. The van der Waals surface area contributed by atoms with E-state index in [0.717, 1.165) is 33.7 Å². The van der Waals surface area contributed by atoms with E-state index in [2.05, 4.69) is 99.8 Å². The summed E-state index contributed by atoms with van der Waals surface area (Å²) < 4.78 is 8.24. The molecule has 0 saturated heterocycles. The summed E-state index contributed by atoms with van der Waals surface area (Å²) in [7, 11) is 0. The molecule has 2 heterocycles. The average Bonchev–Trinajstić information content (AvgIpc) is 3.49. The maximum Gasteiger partial charge on any atom is 0.227 e. The van der Waals surface area contributed by atoms with Gasteiger partial charge in [0, 0.05) is 33.4 Å². The van der Waals surface area contributed by atoms with Gasteiger partial charge in [0.15, 0.2) is 5.58 Å². The third kappa shape index (κ3) is 3.35. The van der Waals surface area contributed by atoms with E-state index in [4.69, 9.17) is 4.42 Å². The zero-order valence-corrected chi connectivity index (χ0v) is 18.8. The van der Waals surface area contributed by atoms with Crippen LogP contribution in [0.2, 0.25) is 0 Å². The molecule has 7 aromatic rings. The third-order valence-electron chi connectivity index (χ3n) is 6.40. The Morgan fingerprint density at radius 3 is 2.17 bits per heavy atom. The van der Waals surface area contributed by atoms with Crippen molar-refractivity contribution in [1.82, 2.24) is 9.55 Å². The molecule has 2 aromatic heterocycles. The molecule has 0 atom stereocenters. The van der Waals surface area contributed by atoms with Crippen LogP contribution in [-0.2, 0) is 0 Å². The Morgan fingerprint density at radius 1 is 0.600 bits per heavy atom. The van der Waals surface area contributed by atoms with Gasteiger partial charge >= 0.3 is 0 Å². The fourth-order valence-electron chi connectivity index (χ4n) is 4.76. The molecule has 35 heavy (non-hydrogen) atoms. The molecule has 0 radical (unpaired) electrons. The molecule has 0 spiro atoms. The van der Waals surface area contributed by atoms with E-state index in [9.17, 15) is 0 Å². The number of rotatable bonds is 4. The van der Waals surface area contributed by atoms with Crippen LogP contribution in [0.3, 0.4) is 0 Å². The number of para-hydroxylation sites is 4. The first-order chi connectivity index (χ1) is 17.3. The Balaban J connectivity index is 1.26. The topological polar surface area (TPSA) is 43.0 Å². The fraction of sp³-hybridized carbons (Fsp3) is 0. The molecule has 7 rings (SSSR count). The molecule has 0 aliphatic heterocycles. The standard InChI is InChI=1S/C31H21N3O/c1-2-8-24(9-3-1)34-28-12-6-4-10-25(28)26-19-18-23(20-29(26)34)32-22-16-14-21(15-17-22)31-33-27-11-5-7-13-30(27)35-31/h1-20,32H. The summed E-state index contributed by atoms with van der Waals surface area (Å²) in [4.78, 5) is 4.60. The first-order valence-corrected chi connectivity index (χ1v) is 11.7. The van der Waals surface area contributed by atoms with E-state index in [1.165, 1.54) is 21.8 Å².